The lowest BCUT2D eigenvalue weighted by Crippen LogP contribution is -2.85. The van der Waals surface area contributed by atoms with E-state index in [4.69, 9.17) is 83.8 Å². The Hall–Kier alpha value is -1.16. The molecule has 2 aliphatic heterocycles. The van der Waals surface area contributed by atoms with Crippen LogP contribution in [0.4, 0.5) is 0 Å². The maximum absolute atomic E-state index is 13.8. The summed E-state index contributed by atoms with van der Waals surface area (Å²) in [6.07, 6.45) is -2.48. The maximum Gasteiger partial charge on any atom is 0.355 e. The molecule has 1 unspecified atom stereocenters. The smallest absolute Gasteiger partial charge is 0.355 e. The largest absolute Gasteiger partial charge is 0.461 e. The molecular weight excluding hydrogens is 713 g/mol. The number of halogens is 6. The van der Waals surface area contributed by atoms with Gasteiger partial charge in [-0.15, -0.1) is 23.1 Å². The topological polar surface area (TPSA) is 149 Å². The van der Waals surface area contributed by atoms with Crippen molar-refractivity contribution in [2.24, 2.45) is 0 Å². The molecule has 0 saturated carbocycles. The predicted molar refractivity (Wildman–Crippen MR) is 154 cm³/mol. The number of carbonyl (C=O) groups is 5. The highest BCUT2D eigenvalue weighted by Gasteiger charge is 2.71. The molecular formula is C22H20Cl6N2O9S2. The fourth-order valence-electron chi connectivity index (χ4n) is 3.85. The quantitative estimate of drug-likeness (QED) is 0.159. The number of nitrogens with zero attached hydrogens (tertiary/aromatic N) is 1. The summed E-state index contributed by atoms with van der Waals surface area (Å²) in [4.78, 5) is 65.8. The number of amides is 2. The zero-order valence-corrected chi connectivity index (χ0v) is 26.8. The number of aliphatic hydroxyl groups excluding tert-OH is 1. The lowest BCUT2D eigenvalue weighted by atomic mass is 9.80. The molecule has 11 nitrogen and oxygen atoms in total. The molecule has 0 spiro atoms. The van der Waals surface area contributed by atoms with E-state index in [1.807, 2.05) is 0 Å². The summed E-state index contributed by atoms with van der Waals surface area (Å²) in [5.74, 6) is -5.02. The number of fused-ring (bicyclic) bond motifs is 1. The van der Waals surface area contributed by atoms with Crippen molar-refractivity contribution in [3.8, 4) is 0 Å². The van der Waals surface area contributed by atoms with Crippen molar-refractivity contribution >= 4 is 122 Å². The van der Waals surface area contributed by atoms with Crippen LogP contribution in [0.5, 0.6) is 0 Å². The molecule has 2 N–H and O–H groups in total. The average Bonchev–Trinajstić information content (AvgIpc) is 3.38. The summed E-state index contributed by atoms with van der Waals surface area (Å²) in [6.45, 7) is -0.732. The standard InChI is InChI=1S/C22H20Cl6N2O9S2/c1-10(31)37-6-11-7-41-19-22(15(33)17(35)39-9-21(26,27)28,29-13(32)5-12-3-2-4-40-12)18(36)30(19)14(11)16(34)38-8-20(23,24)25/h2-4,15,19,33H,5-9H2,1H3,(H,29,32)/t15?,19-,22-/m1/s1. The van der Waals surface area contributed by atoms with Crippen molar-refractivity contribution in [3.63, 3.8) is 0 Å². The van der Waals surface area contributed by atoms with Crippen LogP contribution in [-0.2, 0) is 44.6 Å². The minimum atomic E-state index is -2.31. The van der Waals surface area contributed by atoms with E-state index < -0.39 is 74.1 Å². The maximum atomic E-state index is 13.8. The number of thioether (sulfide) groups is 1. The van der Waals surface area contributed by atoms with E-state index in [-0.39, 0.29) is 23.4 Å². The Kier molecular flexibility index (Phi) is 11.4. The zero-order chi connectivity index (χ0) is 30.8. The fourth-order valence-corrected chi connectivity index (χ4v) is 6.36. The van der Waals surface area contributed by atoms with E-state index >= 15 is 0 Å². The highest BCUT2D eigenvalue weighted by molar-refractivity contribution is 8.00. The molecule has 2 amide bonds. The summed E-state index contributed by atoms with van der Waals surface area (Å²) in [5.41, 5.74) is -2.53. The molecule has 3 heterocycles. The second kappa shape index (κ2) is 13.6. The molecule has 0 aromatic carbocycles. The molecule has 3 atom stereocenters. The first-order chi connectivity index (χ1) is 19.0. The molecule has 2 aliphatic rings. The van der Waals surface area contributed by atoms with Crippen LogP contribution in [0.1, 0.15) is 11.8 Å². The van der Waals surface area contributed by atoms with Gasteiger partial charge in [0.2, 0.25) is 13.5 Å². The number of hydrogen-bond acceptors (Lipinski definition) is 11. The Morgan fingerprint density at radius 3 is 2.32 bits per heavy atom. The molecule has 41 heavy (non-hydrogen) atoms. The van der Waals surface area contributed by atoms with Gasteiger partial charge in [0.05, 0.1) is 6.42 Å². The third-order valence-electron chi connectivity index (χ3n) is 5.49. The Labute approximate surface area is 271 Å². The van der Waals surface area contributed by atoms with Crippen LogP contribution in [0.2, 0.25) is 0 Å². The Morgan fingerprint density at radius 2 is 1.76 bits per heavy atom. The Bertz CT molecular complexity index is 1230. The normalized spacial score (nSPS) is 21.4. The summed E-state index contributed by atoms with van der Waals surface area (Å²) in [6, 6.07) is 3.39. The van der Waals surface area contributed by atoms with Gasteiger partial charge in [0.15, 0.2) is 11.6 Å². The number of β-lactam (4-membered cyclic amide) rings is 1. The van der Waals surface area contributed by atoms with Crippen LogP contribution in [0.25, 0.3) is 0 Å². The lowest BCUT2D eigenvalue weighted by Gasteiger charge is -2.58. The number of ether oxygens (including phenoxy) is 3. The summed E-state index contributed by atoms with van der Waals surface area (Å²) in [7, 11) is 0. The van der Waals surface area contributed by atoms with Gasteiger partial charge in [0, 0.05) is 23.1 Å². The highest BCUT2D eigenvalue weighted by atomic mass is 35.6. The minimum absolute atomic E-state index is 0.0572. The molecule has 1 saturated heterocycles. The van der Waals surface area contributed by atoms with Gasteiger partial charge in [0.25, 0.3) is 5.91 Å². The first-order valence-corrected chi connectivity index (χ1v) is 15.4. The molecule has 0 aliphatic carbocycles. The van der Waals surface area contributed by atoms with Gasteiger partial charge in [-0.1, -0.05) is 75.7 Å². The highest BCUT2D eigenvalue weighted by Crippen LogP contribution is 2.48. The van der Waals surface area contributed by atoms with E-state index in [1.165, 1.54) is 11.3 Å². The van der Waals surface area contributed by atoms with E-state index in [0.717, 1.165) is 23.6 Å². The van der Waals surface area contributed by atoms with Crippen LogP contribution < -0.4 is 5.32 Å². The molecule has 0 bridgehead atoms. The Balaban J connectivity index is 1.99. The number of hydrogen-bond donors (Lipinski definition) is 2. The second-order valence-electron chi connectivity index (χ2n) is 8.56. The van der Waals surface area contributed by atoms with Gasteiger partial charge in [-0.05, 0) is 11.4 Å². The molecule has 0 radical (unpaired) electrons. The summed E-state index contributed by atoms with van der Waals surface area (Å²) < 4.78 is 10.9. The molecule has 3 rings (SSSR count). The van der Waals surface area contributed by atoms with Crippen LogP contribution in [0, 0.1) is 0 Å². The van der Waals surface area contributed by atoms with Gasteiger partial charge < -0.3 is 24.6 Å². The molecule has 1 aromatic heterocycles. The third kappa shape index (κ3) is 8.48. The van der Waals surface area contributed by atoms with Crippen LogP contribution in [0.15, 0.2) is 28.8 Å². The van der Waals surface area contributed by atoms with E-state index in [1.54, 1.807) is 17.5 Å². The van der Waals surface area contributed by atoms with Gasteiger partial charge in [-0.25, -0.2) is 9.59 Å². The first-order valence-electron chi connectivity index (χ1n) is 11.3. The number of alkyl halides is 6. The SMILES string of the molecule is CC(=O)OCC1=C(C(=O)OCC(Cl)(Cl)Cl)N2C(=O)[C@](NC(=O)Cc3cccs3)(C(O)C(=O)OCC(Cl)(Cl)Cl)[C@H]2SC1. The number of thiophene rings is 1. The number of aliphatic hydroxyl groups is 1. The second-order valence-corrected chi connectivity index (χ2v) is 15.7. The van der Waals surface area contributed by atoms with Crippen molar-refractivity contribution < 1.29 is 43.3 Å². The van der Waals surface area contributed by atoms with E-state index in [2.05, 4.69) is 5.32 Å². The van der Waals surface area contributed by atoms with Crippen LogP contribution >= 0.6 is 92.7 Å². The first kappa shape index (κ1) is 34.3. The minimum Gasteiger partial charge on any atom is -0.461 e. The van der Waals surface area contributed by atoms with Gasteiger partial charge >= 0.3 is 17.9 Å². The lowest BCUT2D eigenvalue weighted by molar-refractivity contribution is -0.180. The Morgan fingerprint density at radius 1 is 1.12 bits per heavy atom. The van der Waals surface area contributed by atoms with Crippen molar-refractivity contribution in [2.75, 3.05) is 25.6 Å². The third-order valence-corrected chi connectivity index (χ3v) is 8.44. The monoisotopic (exact) mass is 730 g/mol. The molecule has 1 fully saturated rings. The van der Waals surface area contributed by atoms with E-state index in [0.29, 0.717) is 4.88 Å². The fraction of sp³-hybridized carbons (Fsp3) is 0.500. The molecule has 19 heteroatoms. The van der Waals surface area contributed by atoms with Gasteiger partial charge in [-0.2, -0.15) is 0 Å². The van der Waals surface area contributed by atoms with Crippen molar-refractivity contribution in [2.45, 2.75) is 37.9 Å². The zero-order valence-electron chi connectivity index (χ0n) is 20.7. The molecule has 1 aromatic rings. The number of rotatable bonds is 10. The number of esters is 3. The van der Waals surface area contributed by atoms with Gasteiger partial charge in [0.1, 0.15) is 30.9 Å². The van der Waals surface area contributed by atoms with Crippen LogP contribution in [0.3, 0.4) is 0 Å². The van der Waals surface area contributed by atoms with Gasteiger partial charge in [-0.3, -0.25) is 19.3 Å². The summed E-state index contributed by atoms with van der Waals surface area (Å²) in [5, 5.41) is 14.1. The van der Waals surface area contributed by atoms with Crippen LogP contribution in [-0.4, -0.2) is 89.9 Å². The van der Waals surface area contributed by atoms with Crippen molar-refractivity contribution in [1.82, 2.24) is 10.2 Å². The number of carbonyl (C=O) groups excluding carboxylic acids is 5. The predicted octanol–water partition coefficient (Wildman–Crippen LogP) is 3.07. The van der Waals surface area contributed by atoms with E-state index in [9.17, 15) is 29.1 Å². The summed E-state index contributed by atoms with van der Waals surface area (Å²) >= 11 is 36.2. The molecule has 226 valence electrons. The average molecular weight is 733 g/mol. The van der Waals surface area contributed by atoms with Crippen molar-refractivity contribution in [1.29, 1.82) is 0 Å². The van der Waals surface area contributed by atoms with Crippen molar-refractivity contribution in [3.05, 3.63) is 33.7 Å². The number of nitrogens with one attached hydrogen (secondary N) is 1.